The zero-order valence-electron chi connectivity index (χ0n) is 14.9. The van der Waals surface area contributed by atoms with Gasteiger partial charge in [-0.05, 0) is 30.9 Å². The third-order valence-corrected chi connectivity index (χ3v) is 5.04. The van der Waals surface area contributed by atoms with E-state index in [4.69, 9.17) is 11.6 Å². The Morgan fingerprint density at radius 2 is 2.04 bits per heavy atom. The van der Waals surface area contributed by atoms with E-state index in [-0.39, 0.29) is 18.4 Å². The van der Waals surface area contributed by atoms with Gasteiger partial charge in [-0.3, -0.25) is 9.59 Å². The van der Waals surface area contributed by atoms with Crippen LogP contribution in [0.25, 0.3) is 5.69 Å². The highest BCUT2D eigenvalue weighted by Gasteiger charge is 2.31. The number of amides is 1. The summed E-state index contributed by atoms with van der Waals surface area (Å²) in [6, 6.07) is 7.36. The molecule has 0 aliphatic carbocycles. The van der Waals surface area contributed by atoms with Gasteiger partial charge in [-0.2, -0.15) is 5.10 Å². The van der Waals surface area contributed by atoms with E-state index in [0.29, 0.717) is 30.0 Å². The van der Waals surface area contributed by atoms with Gasteiger partial charge in [0.1, 0.15) is 0 Å². The Kier molecular flexibility index (Phi) is 5.32. The van der Waals surface area contributed by atoms with E-state index in [1.54, 1.807) is 21.8 Å². The van der Waals surface area contributed by atoms with Gasteiger partial charge in [0.25, 0.3) is 5.91 Å². The molecule has 1 fully saturated rings. The van der Waals surface area contributed by atoms with Gasteiger partial charge in [0.05, 0.1) is 34.1 Å². The Hall–Kier alpha value is -2.34. The lowest BCUT2D eigenvalue weighted by atomic mass is 9.97. The molecule has 26 heavy (non-hydrogen) atoms. The third kappa shape index (κ3) is 3.46. The summed E-state index contributed by atoms with van der Waals surface area (Å²) in [5.74, 6) is -1.47. The molecule has 1 saturated heterocycles. The topological polar surface area (TPSA) is 75.4 Å². The van der Waals surface area contributed by atoms with Crippen LogP contribution in [0.15, 0.2) is 30.5 Å². The molecule has 1 aromatic carbocycles. The van der Waals surface area contributed by atoms with Gasteiger partial charge in [-0.25, -0.2) is 4.68 Å². The van der Waals surface area contributed by atoms with E-state index >= 15 is 0 Å². The second-order valence-electron chi connectivity index (χ2n) is 6.89. The molecule has 1 atom stereocenters. The highest BCUT2D eigenvalue weighted by molar-refractivity contribution is 6.32. The van der Waals surface area contributed by atoms with Crippen LogP contribution < -0.4 is 0 Å². The number of benzene rings is 1. The number of carbonyl (C=O) groups excluding carboxylic acids is 1. The lowest BCUT2D eigenvalue weighted by molar-refractivity contribution is -0.143. The van der Waals surface area contributed by atoms with Gasteiger partial charge in [-0.1, -0.05) is 37.6 Å². The smallest absolute Gasteiger partial charge is 0.308 e. The first-order valence-electron chi connectivity index (χ1n) is 8.75. The van der Waals surface area contributed by atoms with Crippen molar-refractivity contribution in [2.45, 2.75) is 32.6 Å². The number of para-hydroxylation sites is 1. The number of carboxylic acids is 1. The number of nitrogens with zero attached hydrogens (tertiary/aromatic N) is 3. The van der Waals surface area contributed by atoms with E-state index in [9.17, 15) is 14.7 Å². The number of rotatable bonds is 4. The zero-order valence-corrected chi connectivity index (χ0v) is 15.6. The second kappa shape index (κ2) is 7.50. The maximum absolute atomic E-state index is 13.1. The van der Waals surface area contributed by atoms with E-state index in [1.807, 2.05) is 32.0 Å². The van der Waals surface area contributed by atoms with Crippen molar-refractivity contribution in [3.8, 4) is 5.69 Å². The number of carbonyl (C=O) groups is 2. The lowest BCUT2D eigenvalue weighted by Crippen LogP contribution is -2.42. The minimum Gasteiger partial charge on any atom is -0.481 e. The second-order valence-corrected chi connectivity index (χ2v) is 7.30. The van der Waals surface area contributed by atoms with Crippen LogP contribution in [0.5, 0.6) is 0 Å². The number of halogens is 1. The summed E-state index contributed by atoms with van der Waals surface area (Å²) >= 11 is 6.31. The molecule has 1 amide bonds. The fourth-order valence-corrected chi connectivity index (χ4v) is 3.64. The number of likely N-dealkylation sites (tertiary alicyclic amines) is 1. The Balaban J connectivity index is 1.97. The Labute approximate surface area is 157 Å². The molecule has 6 nitrogen and oxygen atoms in total. The molecule has 0 spiro atoms. The normalized spacial score (nSPS) is 17.5. The number of hydrogen-bond donors (Lipinski definition) is 1. The average Bonchev–Trinajstić information content (AvgIpc) is 3.06. The van der Waals surface area contributed by atoms with Crippen LogP contribution in [0.1, 0.15) is 48.7 Å². The number of piperidine rings is 1. The molecule has 2 heterocycles. The van der Waals surface area contributed by atoms with Gasteiger partial charge >= 0.3 is 5.97 Å². The molecule has 1 aliphatic rings. The molecule has 0 saturated carbocycles. The molecule has 1 unspecified atom stereocenters. The van der Waals surface area contributed by atoms with Crippen molar-refractivity contribution in [3.05, 3.63) is 46.7 Å². The van der Waals surface area contributed by atoms with Crippen molar-refractivity contribution >= 4 is 23.5 Å². The highest BCUT2D eigenvalue weighted by Crippen LogP contribution is 2.28. The first-order valence-corrected chi connectivity index (χ1v) is 9.12. The first-order chi connectivity index (χ1) is 12.4. The Morgan fingerprint density at radius 3 is 2.69 bits per heavy atom. The van der Waals surface area contributed by atoms with Gasteiger partial charge in [-0.15, -0.1) is 0 Å². The van der Waals surface area contributed by atoms with Crippen molar-refractivity contribution in [2.75, 3.05) is 13.1 Å². The predicted molar refractivity (Wildman–Crippen MR) is 98.9 cm³/mol. The fourth-order valence-electron chi connectivity index (χ4n) is 3.43. The molecule has 0 bridgehead atoms. The fraction of sp³-hybridized carbons (Fsp3) is 0.421. The van der Waals surface area contributed by atoms with Gasteiger partial charge < -0.3 is 10.0 Å². The Bertz CT molecular complexity index is 831. The quantitative estimate of drug-likeness (QED) is 0.886. The molecule has 1 N–H and O–H groups in total. The molecule has 3 rings (SSSR count). The summed E-state index contributed by atoms with van der Waals surface area (Å²) in [7, 11) is 0. The van der Waals surface area contributed by atoms with Crippen LogP contribution in [0.4, 0.5) is 0 Å². The molecular formula is C19H22ClN3O3. The summed E-state index contributed by atoms with van der Waals surface area (Å²) in [5, 5.41) is 14.2. The maximum atomic E-state index is 13.1. The van der Waals surface area contributed by atoms with E-state index in [1.165, 1.54) is 0 Å². The maximum Gasteiger partial charge on any atom is 0.308 e. The van der Waals surface area contributed by atoms with Crippen molar-refractivity contribution in [3.63, 3.8) is 0 Å². The van der Waals surface area contributed by atoms with Crippen molar-refractivity contribution in [1.82, 2.24) is 14.7 Å². The number of carboxylic acid groups (broad SMARTS) is 1. The third-order valence-electron chi connectivity index (χ3n) is 4.72. The summed E-state index contributed by atoms with van der Waals surface area (Å²) in [4.78, 5) is 26.0. The van der Waals surface area contributed by atoms with Crippen molar-refractivity contribution in [1.29, 1.82) is 0 Å². The SMILES string of the molecule is CC(C)c1c(C(=O)N2CCCC(C(=O)O)C2)cnn1-c1ccccc1Cl. The van der Waals surface area contributed by atoms with Crippen LogP contribution in [0.2, 0.25) is 5.02 Å². The van der Waals surface area contributed by atoms with E-state index in [2.05, 4.69) is 5.10 Å². The van der Waals surface area contributed by atoms with Crippen LogP contribution in [0.3, 0.4) is 0 Å². The van der Waals surface area contributed by atoms with E-state index < -0.39 is 11.9 Å². The summed E-state index contributed by atoms with van der Waals surface area (Å²) < 4.78 is 1.71. The minimum atomic E-state index is -0.849. The van der Waals surface area contributed by atoms with Gasteiger partial charge in [0.2, 0.25) is 0 Å². The molecule has 7 heteroatoms. The number of aliphatic carboxylic acids is 1. The molecule has 2 aromatic rings. The lowest BCUT2D eigenvalue weighted by Gasteiger charge is -2.31. The van der Waals surface area contributed by atoms with Crippen LogP contribution in [-0.2, 0) is 4.79 Å². The Morgan fingerprint density at radius 1 is 1.31 bits per heavy atom. The van der Waals surface area contributed by atoms with E-state index in [0.717, 1.165) is 11.4 Å². The largest absolute Gasteiger partial charge is 0.481 e. The molecule has 1 aromatic heterocycles. The summed E-state index contributed by atoms with van der Waals surface area (Å²) in [6.07, 6.45) is 2.86. The zero-order chi connectivity index (χ0) is 18.8. The molecular weight excluding hydrogens is 354 g/mol. The monoisotopic (exact) mass is 375 g/mol. The van der Waals surface area contributed by atoms with Crippen LogP contribution in [-0.4, -0.2) is 44.8 Å². The molecule has 0 radical (unpaired) electrons. The van der Waals surface area contributed by atoms with Crippen LogP contribution in [0, 0.1) is 5.92 Å². The van der Waals surface area contributed by atoms with Gasteiger partial charge in [0, 0.05) is 13.1 Å². The predicted octanol–water partition coefficient (Wildman–Crippen LogP) is 3.59. The first kappa shape index (κ1) is 18.5. The van der Waals surface area contributed by atoms with Crippen molar-refractivity contribution in [2.24, 2.45) is 5.92 Å². The highest BCUT2D eigenvalue weighted by atomic mass is 35.5. The van der Waals surface area contributed by atoms with Crippen molar-refractivity contribution < 1.29 is 14.7 Å². The summed E-state index contributed by atoms with van der Waals surface area (Å²) in [6.45, 7) is 4.80. The number of hydrogen-bond acceptors (Lipinski definition) is 3. The minimum absolute atomic E-state index is 0.0489. The van der Waals surface area contributed by atoms with Gasteiger partial charge in [0.15, 0.2) is 0 Å². The molecule has 138 valence electrons. The number of aromatic nitrogens is 2. The standard InChI is InChI=1S/C19H22ClN3O3/c1-12(2)17-14(10-21-23(17)16-8-4-3-7-15(16)20)18(24)22-9-5-6-13(11-22)19(25)26/h3-4,7-8,10,12-13H,5-6,9,11H2,1-2H3,(H,25,26). The molecule has 1 aliphatic heterocycles. The average molecular weight is 376 g/mol. The van der Waals surface area contributed by atoms with Crippen LogP contribution >= 0.6 is 11.6 Å². The summed E-state index contributed by atoms with van der Waals surface area (Å²) in [5.41, 5.74) is 2.01.